The van der Waals surface area contributed by atoms with Crippen LogP contribution >= 0.6 is 0 Å². The van der Waals surface area contributed by atoms with Crippen LogP contribution in [0.5, 0.6) is 0 Å². The van der Waals surface area contributed by atoms with E-state index in [4.69, 9.17) is 0 Å². The summed E-state index contributed by atoms with van der Waals surface area (Å²) in [5.74, 6) is 0. The van der Waals surface area contributed by atoms with Crippen molar-refractivity contribution in [2.24, 2.45) is 0 Å². The topological polar surface area (TPSA) is 0 Å². The van der Waals surface area contributed by atoms with Crippen LogP contribution in [-0.4, -0.2) is 0 Å². The van der Waals surface area contributed by atoms with Crippen molar-refractivity contribution in [1.29, 1.82) is 0 Å². The molecule has 0 aliphatic rings. The van der Waals surface area contributed by atoms with Gasteiger partial charge in [0.2, 0.25) is 0 Å². The molecule has 0 aromatic carbocycles. The smallest absolute Gasteiger partial charge is 0 e. The van der Waals surface area contributed by atoms with Crippen LogP contribution in [0, 0.1) is 0 Å². The molecule has 0 amide bonds. The summed E-state index contributed by atoms with van der Waals surface area (Å²) in [6.07, 6.45) is 8.49. The maximum atomic E-state index is 2.26. The number of hydrogen-bond donors (Lipinski definition) is 0. The van der Waals surface area contributed by atoms with Crippen molar-refractivity contribution in [2.75, 3.05) is 0 Å². The van der Waals surface area contributed by atoms with E-state index < -0.39 is 0 Å². The summed E-state index contributed by atoms with van der Waals surface area (Å²) in [6.45, 7) is 4.51. The molecule has 9 heavy (non-hydrogen) atoms. The maximum absolute atomic E-state index is 2.26. The van der Waals surface area contributed by atoms with Crippen molar-refractivity contribution >= 4 is 0 Å². The number of unbranched alkanes of at least 4 members (excludes halogenated alkanes) is 5. The molecule has 0 N–H and O–H groups in total. The SMILES string of the molecule is CCCCCCCC.[Hf]. The summed E-state index contributed by atoms with van der Waals surface area (Å²) >= 11 is 0. The Balaban J connectivity index is 0. The molecule has 0 fully saturated rings. The van der Waals surface area contributed by atoms with Crippen molar-refractivity contribution in [3.8, 4) is 0 Å². The predicted octanol–water partition coefficient (Wildman–Crippen LogP) is 3.36. The fourth-order valence-corrected chi connectivity index (χ4v) is 0.854. The average molecular weight is 293 g/mol. The summed E-state index contributed by atoms with van der Waals surface area (Å²) in [5, 5.41) is 0. The van der Waals surface area contributed by atoms with Crippen LogP contribution in [0.1, 0.15) is 52.4 Å². The molecule has 0 saturated carbocycles. The zero-order valence-corrected chi connectivity index (χ0v) is 10.3. The van der Waals surface area contributed by atoms with Gasteiger partial charge in [-0.3, -0.25) is 0 Å². The van der Waals surface area contributed by atoms with Gasteiger partial charge in [-0.1, -0.05) is 52.4 Å². The van der Waals surface area contributed by atoms with Gasteiger partial charge in [-0.05, 0) is 0 Å². The Hall–Kier alpha value is 0.870. The van der Waals surface area contributed by atoms with Gasteiger partial charge in [0.15, 0.2) is 0 Å². The Morgan fingerprint density at radius 3 is 1.22 bits per heavy atom. The van der Waals surface area contributed by atoms with Crippen LogP contribution in [0.25, 0.3) is 0 Å². The third-order valence-electron chi connectivity index (χ3n) is 1.46. The van der Waals surface area contributed by atoms with E-state index in [1.54, 1.807) is 0 Å². The van der Waals surface area contributed by atoms with E-state index in [1.807, 2.05) is 0 Å². The minimum atomic E-state index is 0. The summed E-state index contributed by atoms with van der Waals surface area (Å²) in [7, 11) is 0. The molecular weight excluding hydrogens is 275 g/mol. The second-order valence-corrected chi connectivity index (χ2v) is 2.41. The van der Waals surface area contributed by atoms with Crippen molar-refractivity contribution in [1.82, 2.24) is 0 Å². The van der Waals surface area contributed by atoms with Gasteiger partial charge in [0.05, 0.1) is 0 Å². The van der Waals surface area contributed by atoms with Gasteiger partial charge >= 0.3 is 0 Å². The van der Waals surface area contributed by atoms with Gasteiger partial charge < -0.3 is 0 Å². The van der Waals surface area contributed by atoms with Gasteiger partial charge in [0.1, 0.15) is 0 Å². The monoisotopic (exact) mass is 294 g/mol. The van der Waals surface area contributed by atoms with Gasteiger partial charge in [0, 0.05) is 25.8 Å². The summed E-state index contributed by atoms with van der Waals surface area (Å²) in [4.78, 5) is 0. The van der Waals surface area contributed by atoms with E-state index in [9.17, 15) is 0 Å². The van der Waals surface area contributed by atoms with Crippen LogP contribution in [-0.2, 0) is 25.8 Å². The second kappa shape index (κ2) is 11.6. The molecule has 54 valence electrons. The maximum Gasteiger partial charge on any atom is 0 e. The van der Waals surface area contributed by atoms with Crippen LogP contribution in [0.15, 0.2) is 0 Å². The van der Waals surface area contributed by atoms with E-state index in [0.29, 0.717) is 0 Å². The van der Waals surface area contributed by atoms with Crippen LogP contribution in [0.4, 0.5) is 0 Å². The molecule has 0 aliphatic heterocycles. The van der Waals surface area contributed by atoms with E-state index in [-0.39, 0.29) is 25.8 Å². The molecule has 0 rings (SSSR count). The molecule has 0 saturated heterocycles. The summed E-state index contributed by atoms with van der Waals surface area (Å²) < 4.78 is 0. The van der Waals surface area contributed by atoms with Crippen LogP contribution in [0.2, 0.25) is 0 Å². The fraction of sp³-hybridized carbons (Fsp3) is 1.00. The number of hydrogen-bond acceptors (Lipinski definition) is 0. The standard InChI is InChI=1S/C8H18.Hf/c1-3-5-7-8-6-4-2;/h3-8H2,1-2H3;. The van der Waals surface area contributed by atoms with Gasteiger partial charge in [0.25, 0.3) is 0 Å². The molecule has 0 heterocycles. The number of rotatable bonds is 5. The van der Waals surface area contributed by atoms with Gasteiger partial charge in [-0.25, -0.2) is 0 Å². The van der Waals surface area contributed by atoms with Crippen molar-refractivity contribution in [3.63, 3.8) is 0 Å². The molecule has 0 radical (unpaired) electrons. The Morgan fingerprint density at radius 2 is 1.00 bits per heavy atom. The van der Waals surface area contributed by atoms with E-state index in [2.05, 4.69) is 13.8 Å². The van der Waals surface area contributed by atoms with Crippen molar-refractivity contribution < 1.29 is 25.8 Å². The Kier molecular flexibility index (Phi) is 16.2. The predicted molar refractivity (Wildman–Crippen MR) is 39.0 cm³/mol. The molecule has 0 aromatic heterocycles. The normalized spacial score (nSPS) is 8.67. The first-order chi connectivity index (χ1) is 3.91. The van der Waals surface area contributed by atoms with Gasteiger partial charge in [-0.2, -0.15) is 0 Å². The molecule has 0 aromatic rings. The molecule has 0 spiro atoms. The average Bonchev–Trinajstić information content (AvgIpc) is 1.81. The third-order valence-corrected chi connectivity index (χ3v) is 1.46. The first kappa shape index (κ1) is 12.5. The van der Waals surface area contributed by atoms with Crippen molar-refractivity contribution in [2.45, 2.75) is 52.4 Å². The van der Waals surface area contributed by atoms with E-state index in [1.165, 1.54) is 38.5 Å². The van der Waals surface area contributed by atoms with Crippen LogP contribution in [0.3, 0.4) is 0 Å². The molecular formula is C8H18Hf. The van der Waals surface area contributed by atoms with Gasteiger partial charge in [-0.15, -0.1) is 0 Å². The zero-order chi connectivity index (χ0) is 6.24. The first-order valence-electron chi connectivity index (χ1n) is 3.91. The van der Waals surface area contributed by atoms with E-state index in [0.717, 1.165) is 0 Å². The molecule has 0 atom stereocenters. The molecule has 0 aliphatic carbocycles. The largest absolute Gasteiger partial charge is 0.0654 e. The minimum Gasteiger partial charge on any atom is -0.0654 e. The fourth-order valence-electron chi connectivity index (χ4n) is 0.854. The van der Waals surface area contributed by atoms with Crippen LogP contribution < -0.4 is 0 Å². The molecule has 0 unspecified atom stereocenters. The summed E-state index contributed by atoms with van der Waals surface area (Å²) in [6, 6.07) is 0. The quantitative estimate of drug-likeness (QED) is 0.538. The minimum absolute atomic E-state index is 0. The first-order valence-corrected chi connectivity index (χ1v) is 3.91. The van der Waals surface area contributed by atoms with Crippen molar-refractivity contribution in [3.05, 3.63) is 0 Å². The molecule has 0 bridgehead atoms. The Morgan fingerprint density at radius 1 is 0.667 bits per heavy atom. The third kappa shape index (κ3) is 12.1. The molecule has 1 heteroatoms. The second-order valence-electron chi connectivity index (χ2n) is 2.41. The van der Waals surface area contributed by atoms with E-state index >= 15 is 0 Å². The zero-order valence-electron chi connectivity index (χ0n) is 6.74. The molecule has 0 nitrogen and oxygen atoms in total. The Bertz CT molecular complexity index is 29.5. The summed E-state index contributed by atoms with van der Waals surface area (Å²) in [5.41, 5.74) is 0. The Labute approximate surface area is 78.2 Å².